The molecular formula is C7H16N2O2. The fourth-order valence-corrected chi connectivity index (χ4v) is 0.759. The predicted octanol–water partition coefficient (Wildman–Crippen LogP) is -0.779. The molecule has 0 aromatic rings. The van der Waals surface area contributed by atoms with Crippen LogP contribution in [0.5, 0.6) is 0 Å². The van der Waals surface area contributed by atoms with Crippen molar-refractivity contribution in [2.45, 2.75) is 32.4 Å². The Morgan fingerprint density at radius 2 is 2.27 bits per heavy atom. The minimum absolute atomic E-state index is 0.315. The second-order valence-corrected chi connectivity index (χ2v) is 2.62. The minimum atomic E-state index is -0.441. The molecule has 0 aromatic heterocycles. The Hall–Kier alpha value is -0.610. The molecular weight excluding hydrogens is 144 g/mol. The average molecular weight is 160 g/mol. The summed E-state index contributed by atoms with van der Waals surface area (Å²) >= 11 is 0. The summed E-state index contributed by atoms with van der Waals surface area (Å²) < 4.78 is 0. The first-order chi connectivity index (χ1) is 5.07. The van der Waals surface area contributed by atoms with E-state index in [1.54, 1.807) is 6.92 Å². The van der Waals surface area contributed by atoms with Crippen molar-refractivity contribution in [3.63, 3.8) is 0 Å². The molecule has 1 amide bonds. The van der Waals surface area contributed by atoms with Crippen LogP contribution in [-0.4, -0.2) is 29.7 Å². The quantitative estimate of drug-likeness (QED) is 0.494. The topological polar surface area (TPSA) is 75.3 Å². The second-order valence-electron chi connectivity index (χ2n) is 2.62. The van der Waals surface area contributed by atoms with Crippen LogP contribution in [0.3, 0.4) is 0 Å². The van der Waals surface area contributed by atoms with E-state index < -0.39 is 6.10 Å². The summed E-state index contributed by atoms with van der Waals surface area (Å²) in [6.07, 6.45) is 0.214. The largest absolute Gasteiger partial charge is 0.392 e. The van der Waals surface area contributed by atoms with Gasteiger partial charge in [-0.3, -0.25) is 4.79 Å². The summed E-state index contributed by atoms with van der Waals surface area (Å²) in [7, 11) is 0. The van der Waals surface area contributed by atoms with Gasteiger partial charge in [0.25, 0.3) is 0 Å². The number of nitrogens with two attached hydrogens (primary N) is 1. The van der Waals surface area contributed by atoms with Crippen LogP contribution in [-0.2, 0) is 4.79 Å². The summed E-state index contributed by atoms with van der Waals surface area (Å²) in [5.41, 5.74) is 5.05. The van der Waals surface area contributed by atoms with Crippen molar-refractivity contribution in [2.75, 3.05) is 6.54 Å². The van der Waals surface area contributed by atoms with Gasteiger partial charge in [-0.15, -0.1) is 0 Å². The molecule has 0 spiro atoms. The van der Waals surface area contributed by atoms with Gasteiger partial charge in [-0.2, -0.15) is 0 Å². The lowest BCUT2D eigenvalue weighted by atomic mass is 10.2. The lowest BCUT2D eigenvalue weighted by molar-refractivity contribution is -0.120. The van der Waals surface area contributed by atoms with Crippen LogP contribution in [0.4, 0.5) is 0 Å². The SMILES string of the molecule is CCC(NCC(C)O)C(N)=O. The van der Waals surface area contributed by atoms with Gasteiger partial charge in [0.1, 0.15) is 0 Å². The van der Waals surface area contributed by atoms with Crippen molar-refractivity contribution in [1.29, 1.82) is 0 Å². The van der Waals surface area contributed by atoms with Gasteiger partial charge in [0.05, 0.1) is 12.1 Å². The van der Waals surface area contributed by atoms with E-state index >= 15 is 0 Å². The molecule has 0 aliphatic rings. The molecule has 0 aliphatic heterocycles. The minimum Gasteiger partial charge on any atom is -0.392 e. The van der Waals surface area contributed by atoms with Gasteiger partial charge < -0.3 is 16.2 Å². The van der Waals surface area contributed by atoms with E-state index in [9.17, 15) is 4.79 Å². The zero-order valence-electron chi connectivity index (χ0n) is 7.00. The highest BCUT2D eigenvalue weighted by Gasteiger charge is 2.11. The zero-order chi connectivity index (χ0) is 8.85. The van der Waals surface area contributed by atoms with Crippen LogP contribution in [0.15, 0.2) is 0 Å². The van der Waals surface area contributed by atoms with Gasteiger partial charge in [0, 0.05) is 6.54 Å². The molecule has 4 heteroatoms. The first-order valence-electron chi connectivity index (χ1n) is 3.78. The van der Waals surface area contributed by atoms with Gasteiger partial charge in [0.15, 0.2) is 0 Å². The highest BCUT2D eigenvalue weighted by atomic mass is 16.3. The molecule has 0 saturated carbocycles. The number of nitrogens with one attached hydrogen (secondary N) is 1. The van der Waals surface area contributed by atoms with E-state index in [1.807, 2.05) is 6.92 Å². The summed E-state index contributed by atoms with van der Waals surface area (Å²) in [5.74, 6) is -0.367. The highest BCUT2D eigenvalue weighted by molar-refractivity contribution is 5.79. The van der Waals surface area contributed by atoms with Gasteiger partial charge in [0.2, 0.25) is 5.91 Å². The van der Waals surface area contributed by atoms with Crippen LogP contribution in [0.25, 0.3) is 0 Å². The van der Waals surface area contributed by atoms with Crippen molar-refractivity contribution < 1.29 is 9.90 Å². The van der Waals surface area contributed by atoms with E-state index in [0.29, 0.717) is 13.0 Å². The molecule has 0 aliphatic carbocycles. The molecule has 4 nitrogen and oxygen atoms in total. The van der Waals surface area contributed by atoms with Crippen molar-refractivity contribution in [2.24, 2.45) is 5.73 Å². The standard InChI is InChI=1S/C7H16N2O2/c1-3-6(7(8)11)9-4-5(2)10/h5-6,9-10H,3-4H2,1-2H3,(H2,8,11). The number of primary amides is 1. The average Bonchev–Trinajstić information content (AvgIpc) is 1.87. The van der Waals surface area contributed by atoms with E-state index in [0.717, 1.165) is 0 Å². The lowest BCUT2D eigenvalue weighted by Gasteiger charge is -2.13. The lowest BCUT2D eigenvalue weighted by Crippen LogP contribution is -2.43. The molecule has 0 radical (unpaired) electrons. The number of hydrogen-bond donors (Lipinski definition) is 3. The van der Waals surface area contributed by atoms with Crippen LogP contribution >= 0.6 is 0 Å². The zero-order valence-corrected chi connectivity index (χ0v) is 7.00. The summed E-state index contributed by atoms with van der Waals surface area (Å²) in [6, 6.07) is -0.315. The highest BCUT2D eigenvalue weighted by Crippen LogP contribution is 1.89. The van der Waals surface area contributed by atoms with Crippen molar-refractivity contribution in [3.05, 3.63) is 0 Å². The van der Waals surface area contributed by atoms with Crippen LogP contribution < -0.4 is 11.1 Å². The number of aliphatic hydroxyl groups excluding tert-OH is 1. The first kappa shape index (κ1) is 10.4. The summed E-state index contributed by atoms with van der Waals surface area (Å²) in [5, 5.41) is 11.7. The molecule has 11 heavy (non-hydrogen) atoms. The second kappa shape index (κ2) is 5.09. The maximum absolute atomic E-state index is 10.6. The monoisotopic (exact) mass is 160 g/mol. The van der Waals surface area contributed by atoms with Gasteiger partial charge in [-0.25, -0.2) is 0 Å². The van der Waals surface area contributed by atoms with Crippen LogP contribution in [0.2, 0.25) is 0 Å². The predicted molar refractivity (Wildman–Crippen MR) is 43.0 cm³/mol. The molecule has 0 rings (SSSR count). The van der Waals surface area contributed by atoms with E-state index in [4.69, 9.17) is 10.8 Å². The molecule has 0 saturated heterocycles. The Kier molecular flexibility index (Phi) is 4.81. The smallest absolute Gasteiger partial charge is 0.234 e. The Bertz CT molecular complexity index is 126. The molecule has 0 heterocycles. The van der Waals surface area contributed by atoms with Gasteiger partial charge in [-0.05, 0) is 13.3 Å². The third-order valence-corrected chi connectivity index (χ3v) is 1.41. The number of amides is 1. The van der Waals surface area contributed by atoms with E-state index in [-0.39, 0.29) is 11.9 Å². The number of carbonyl (C=O) groups is 1. The maximum atomic E-state index is 10.6. The fraction of sp³-hybridized carbons (Fsp3) is 0.857. The molecule has 2 unspecified atom stereocenters. The molecule has 0 fully saturated rings. The molecule has 0 aromatic carbocycles. The number of carbonyl (C=O) groups excluding carboxylic acids is 1. The van der Waals surface area contributed by atoms with Gasteiger partial charge >= 0.3 is 0 Å². The van der Waals surface area contributed by atoms with Crippen molar-refractivity contribution in [1.82, 2.24) is 5.32 Å². The third kappa shape index (κ3) is 4.75. The maximum Gasteiger partial charge on any atom is 0.234 e. The Balaban J connectivity index is 3.61. The Morgan fingerprint density at radius 3 is 2.55 bits per heavy atom. The van der Waals surface area contributed by atoms with Crippen LogP contribution in [0, 0.1) is 0 Å². The van der Waals surface area contributed by atoms with E-state index in [1.165, 1.54) is 0 Å². The van der Waals surface area contributed by atoms with Gasteiger partial charge in [-0.1, -0.05) is 6.92 Å². The molecule has 66 valence electrons. The Morgan fingerprint density at radius 1 is 1.73 bits per heavy atom. The first-order valence-corrected chi connectivity index (χ1v) is 3.78. The van der Waals surface area contributed by atoms with Crippen LogP contribution in [0.1, 0.15) is 20.3 Å². The summed E-state index contributed by atoms with van der Waals surface area (Å²) in [4.78, 5) is 10.6. The number of aliphatic hydroxyl groups is 1. The normalized spacial score (nSPS) is 15.9. The molecule has 4 N–H and O–H groups in total. The third-order valence-electron chi connectivity index (χ3n) is 1.41. The Labute approximate surface area is 66.8 Å². The molecule has 2 atom stereocenters. The summed E-state index contributed by atoms with van der Waals surface area (Å²) in [6.45, 7) is 3.92. The van der Waals surface area contributed by atoms with Crippen molar-refractivity contribution >= 4 is 5.91 Å². The molecule has 0 bridgehead atoms. The fourth-order valence-electron chi connectivity index (χ4n) is 0.759. The van der Waals surface area contributed by atoms with Crippen molar-refractivity contribution in [3.8, 4) is 0 Å². The number of rotatable bonds is 5. The van der Waals surface area contributed by atoms with E-state index in [2.05, 4.69) is 5.32 Å². The number of hydrogen-bond acceptors (Lipinski definition) is 3.